The molecule has 1 unspecified atom stereocenters. The van der Waals surface area contributed by atoms with E-state index in [2.05, 4.69) is 9.88 Å². The quantitative estimate of drug-likeness (QED) is 0.594. The van der Waals surface area contributed by atoms with Crippen LogP contribution < -0.4 is 14.4 Å². The molecular weight excluding hydrogens is 446 g/mol. The van der Waals surface area contributed by atoms with Crippen LogP contribution >= 0.6 is 0 Å². The zero-order valence-electron chi connectivity index (χ0n) is 21.5. The number of pyridine rings is 1. The van der Waals surface area contributed by atoms with Crippen LogP contribution in [0.15, 0.2) is 36.4 Å². The Morgan fingerprint density at radius 1 is 1.20 bits per heavy atom. The number of aromatic nitrogens is 1. The molecule has 2 fully saturated rings. The Kier molecular flexibility index (Phi) is 7.82. The monoisotopic (exact) mass is 483 g/mol. The second kappa shape index (κ2) is 10.8. The summed E-state index contributed by atoms with van der Waals surface area (Å²) >= 11 is 0. The van der Waals surface area contributed by atoms with Crippen molar-refractivity contribution in [3.63, 3.8) is 0 Å². The van der Waals surface area contributed by atoms with E-state index in [1.54, 1.807) is 14.2 Å². The molecule has 4 rings (SSSR count). The average molecular weight is 484 g/mol. The average Bonchev–Trinajstić information content (AvgIpc) is 2.85. The van der Waals surface area contributed by atoms with Gasteiger partial charge in [-0.2, -0.15) is 4.98 Å². The highest BCUT2D eigenvalue weighted by Crippen LogP contribution is 2.35. The van der Waals surface area contributed by atoms with E-state index in [9.17, 15) is 4.79 Å². The van der Waals surface area contributed by atoms with Crippen LogP contribution in [0.1, 0.15) is 42.6 Å². The minimum atomic E-state index is -0.353. The minimum Gasteiger partial charge on any atom is -0.491 e. The second-order valence-corrected chi connectivity index (χ2v) is 9.74. The lowest BCUT2D eigenvalue weighted by Crippen LogP contribution is -2.61. The van der Waals surface area contributed by atoms with Gasteiger partial charge in [0, 0.05) is 44.9 Å². The highest BCUT2D eigenvalue weighted by atomic mass is 16.5. The second-order valence-electron chi connectivity index (χ2n) is 9.74. The molecule has 190 valence electrons. The molecule has 0 radical (unpaired) electrons. The van der Waals surface area contributed by atoms with Gasteiger partial charge in [0.05, 0.1) is 31.5 Å². The van der Waals surface area contributed by atoms with Crippen LogP contribution in [0.3, 0.4) is 0 Å². The zero-order valence-corrected chi connectivity index (χ0v) is 21.5. The van der Waals surface area contributed by atoms with Crippen molar-refractivity contribution in [1.29, 1.82) is 0 Å². The molecule has 2 saturated heterocycles. The largest absolute Gasteiger partial charge is 0.491 e. The van der Waals surface area contributed by atoms with Gasteiger partial charge >= 0.3 is 0 Å². The predicted octanol–water partition coefficient (Wildman–Crippen LogP) is 3.71. The molecule has 0 N–H and O–H groups in total. The van der Waals surface area contributed by atoms with Crippen molar-refractivity contribution in [3.05, 3.63) is 47.5 Å². The Bertz CT molecular complexity index is 1020. The maximum Gasteiger partial charge on any atom is 0.253 e. The Labute approximate surface area is 208 Å². The molecule has 2 aliphatic rings. The number of piperidine rings is 1. The third kappa shape index (κ3) is 5.87. The molecule has 2 aliphatic heterocycles. The highest BCUT2D eigenvalue weighted by Gasteiger charge is 2.44. The van der Waals surface area contributed by atoms with Crippen molar-refractivity contribution in [2.24, 2.45) is 0 Å². The van der Waals surface area contributed by atoms with Gasteiger partial charge < -0.3 is 28.7 Å². The first-order chi connectivity index (χ1) is 16.8. The molecule has 1 spiro atoms. The summed E-state index contributed by atoms with van der Waals surface area (Å²) in [5, 5.41) is 0. The van der Waals surface area contributed by atoms with Crippen molar-refractivity contribution in [3.8, 4) is 11.6 Å². The Morgan fingerprint density at radius 2 is 1.97 bits per heavy atom. The molecule has 35 heavy (non-hydrogen) atoms. The summed E-state index contributed by atoms with van der Waals surface area (Å²) in [4.78, 5) is 22.1. The standard InChI is InChI=1S/C27H37N3O5/c1-19(2)34-23-10-9-21(15-20(23)3)26(31)29-13-11-27(12-14-29)18-30(16-22(35-27)17-32-4)24-7-6-8-25(28-24)33-5/h6-10,15,19,22H,11-14,16-18H2,1-5H3. The van der Waals surface area contributed by atoms with E-state index in [4.69, 9.17) is 18.9 Å². The van der Waals surface area contributed by atoms with E-state index in [1.807, 2.05) is 62.1 Å². The Balaban J connectivity index is 1.45. The summed E-state index contributed by atoms with van der Waals surface area (Å²) in [5.41, 5.74) is 1.31. The number of amides is 1. The number of carbonyl (C=O) groups excluding carboxylic acids is 1. The normalized spacial score (nSPS) is 19.8. The minimum absolute atomic E-state index is 0.0506. The first-order valence-electron chi connectivity index (χ1n) is 12.3. The summed E-state index contributed by atoms with van der Waals surface area (Å²) in [6.07, 6.45) is 1.54. The highest BCUT2D eigenvalue weighted by molar-refractivity contribution is 5.94. The number of carbonyl (C=O) groups is 1. The first kappa shape index (κ1) is 25.3. The van der Waals surface area contributed by atoms with E-state index in [0.717, 1.165) is 36.5 Å². The Hall–Kier alpha value is -2.84. The van der Waals surface area contributed by atoms with E-state index < -0.39 is 0 Å². The summed E-state index contributed by atoms with van der Waals surface area (Å²) in [7, 11) is 3.32. The smallest absolute Gasteiger partial charge is 0.253 e. The number of nitrogens with zero attached hydrogens (tertiary/aromatic N) is 3. The third-order valence-corrected chi connectivity index (χ3v) is 6.66. The molecule has 1 aromatic carbocycles. The first-order valence-corrected chi connectivity index (χ1v) is 12.3. The molecule has 0 saturated carbocycles. The zero-order chi connectivity index (χ0) is 25.0. The fourth-order valence-corrected chi connectivity index (χ4v) is 4.97. The summed E-state index contributed by atoms with van der Waals surface area (Å²) in [5.74, 6) is 2.33. The molecule has 0 aliphatic carbocycles. The summed E-state index contributed by atoms with van der Waals surface area (Å²) in [6, 6.07) is 11.5. The van der Waals surface area contributed by atoms with Gasteiger partial charge in [-0.1, -0.05) is 6.07 Å². The predicted molar refractivity (Wildman–Crippen MR) is 135 cm³/mol. The van der Waals surface area contributed by atoms with Crippen molar-refractivity contribution in [2.45, 2.75) is 51.4 Å². The summed E-state index contributed by atoms with van der Waals surface area (Å²) < 4.78 is 23.2. The number of morpholine rings is 1. The molecule has 1 atom stereocenters. The maximum absolute atomic E-state index is 13.3. The Morgan fingerprint density at radius 3 is 2.63 bits per heavy atom. The number of likely N-dealkylation sites (tertiary alicyclic amines) is 1. The van der Waals surface area contributed by atoms with E-state index >= 15 is 0 Å². The molecule has 8 nitrogen and oxygen atoms in total. The number of anilines is 1. The van der Waals surface area contributed by atoms with Gasteiger partial charge in [0.1, 0.15) is 11.6 Å². The van der Waals surface area contributed by atoms with Crippen LogP contribution in [0.25, 0.3) is 0 Å². The van der Waals surface area contributed by atoms with Crippen LogP contribution in [0, 0.1) is 6.92 Å². The SMILES string of the molecule is COCC1CN(c2cccc(OC)n2)CC2(CCN(C(=O)c3ccc(OC(C)C)c(C)c3)CC2)O1. The van der Waals surface area contributed by atoms with Crippen LogP contribution in [0.2, 0.25) is 0 Å². The van der Waals surface area contributed by atoms with Gasteiger partial charge in [0.25, 0.3) is 5.91 Å². The van der Waals surface area contributed by atoms with Gasteiger partial charge in [0.15, 0.2) is 0 Å². The molecular formula is C27H37N3O5. The molecule has 1 amide bonds. The topological polar surface area (TPSA) is 73.4 Å². The third-order valence-electron chi connectivity index (χ3n) is 6.66. The fraction of sp³-hybridized carbons (Fsp3) is 0.556. The lowest BCUT2D eigenvalue weighted by atomic mass is 9.88. The molecule has 3 heterocycles. The number of rotatable bonds is 7. The van der Waals surface area contributed by atoms with Crippen LogP contribution in [-0.2, 0) is 9.47 Å². The molecule has 8 heteroatoms. The van der Waals surface area contributed by atoms with Crippen LogP contribution in [0.5, 0.6) is 11.6 Å². The van der Waals surface area contributed by atoms with Crippen LogP contribution in [-0.4, -0.2) is 80.6 Å². The van der Waals surface area contributed by atoms with Crippen molar-refractivity contribution in [2.75, 3.05) is 51.9 Å². The number of ether oxygens (including phenoxy) is 4. The van der Waals surface area contributed by atoms with Gasteiger partial charge in [-0.3, -0.25) is 4.79 Å². The van der Waals surface area contributed by atoms with E-state index in [-0.39, 0.29) is 23.7 Å². The van der Waals surface area contributed by atoms with E-state index in [1.165, 1.54) is 0 Å². The number of aryl methyl sites for hydroxylation is 1. The van der Waals surface area contributed by atoms with Crippen molar-refractivity contribution in [1.82, 2.24) is 9.88 Å². The number of methoxy groups -OCH3 is 2. The van der Waals surface area contributed by atoms with Gasteiger partial charge in [-0.25, -0.2) is 0 Å². The fourth-order valence-electron chi connectivity index (χ4n) is 4.97. The number of hydrogen-bond acceptors (Lipinski definition) is 7. The molecule has 2 aromatic rings. The van der Waals surface area contributed by atoms with Gasteiger partial charge in [-0.05, 0) is 63.4 Å². The number of hydrogen-bond donors (Lipinski definition) is 0. The lowest BCUT2D eigenvalue weighted by Gasteiger charge is -2.50. The van der Waals surface area contributed by atoms with Gasteiger partial charge in [0.2, 0.25) is 5.88 Å². The van der Waals surface area contributed by atoms with Crippen molar-refractivity contribution >= 4 is 11.7 Å². The van der Waals surface area contributed by atoms with Crippen molar-refractivity contribution < 1.29 is 23.7 Å². The molecule has 1 aromatic heterocycles. The van der Waals surface area contributed by atoms with Gasteiger partial charge in [-0.15, -0.1) is 0 Å². The molecule has 0 bridgehead atoms. The maximum atomic E-state index is 13.3. The van der Waals surface area contributed by atoms with Crippen LogP contribution in [0.4, 0.5) is 5.82 Å². The number of benzene rings is 1. The summed E-state index contributed by atoms with van der Waals surface area (Å²) in [6.45, 7) is 9.18. The van der Waals surface area contributed by atoms with E-state index in [0.29, 0.717) is 37.7 Å². The lowest BCUT2D eigenvalue weighted by molar-refractivity contribution is -0.145.